The van der Waals surface area contributed by atoms with Crippen LogP contribution in [0.3, 0.4) is 0 Å². The molecule has 236 valence electrons. The van der Waals surface area contributed by atoms with Crippen molar-refractivity contribution in [2.75, 3.05) is 19.7 Å². The number of aromatic nitrogens is 3. The summed E-state index contributed by atoms with van der Waals surface area (Å²) in [5.41, 5.74) is 0.701. The Morgan fingerprint density at radius 3 is 2.23 bits per heavy atom. The number of halogens is 3. The number of hydrogen-bond acceptors (Lipinski definition) is 6. The van der Waals surface area contributed by atoms with Gasteiger partial charge in [0.1, 0.15) is 5.75 Å². The number of hydrogen-bond donors (Lipinski definition) is 0. The molecule has 0 spiro atoms. The molecule has 2 unspecified atom stereocenters. The lowest BCUT2D eigenvalue weighted by Gasteiger charge is -2.44. The Morgan fingerprint density at radius 1 is 0.932 bits per heavy atom. The molecular formula is C32H39F3N6O3. The van der Waals surface area contributed by atoms with Gasteiger partial charge in [-0.05, 0) is 89.4 Å². The van der Waals surface area contributed by atoms with E-state index < -0.39 is 11.7 Å². The van der Waals surface area contributed by atoms with E-state index in [9.17, 15) is 22.8 Å². The zero-order chi connectivity index (χ0) is 31.6. The van der Waals surface area contributed by atoms with E-state index in [2.05, 4.69) is 29.1 Å². The monoisotopic (exact) mass is 612 g/mol. The smallest absolute Gasteiger partial charge is 0.416 e. The molecule has 2 saturated heterocycles. The standard InChI is InChI=1S/C32H39F3N6O3/c1-21-7-5-8-22(2)41(21)30(42)20-44-29-13-11-25(12-14-29)31(43)38-16-23(3)39(24(4)17-38)18-27-19-40(37-36-27)28-10-6-9-26(15-28)32(33,34)35/h6,9-15,19,21-24H,5,7-8,16-18,20H2,1-4H3/t21?,22?,23-,24+. The van der Waals surface area contributed by atoms with Crippen LogP contribution in [0, 0.1) is 0 Å². The summed E-state index contributed by atoms with van der Waals surface area (Å²) in [6.45, 7) is 9.63. The fourth-order valence-electron chi connectivity index (χ4n) is 6.35. The SMILES string of the molecule is CC1CCCC(C)N1C(=O)COc1ccc(C(=O)N2C[C@@H](C)N(Cc3cn(-c4cccc(C(F)(F)F)c4)nn3)[C@@H](C)C2)cc1. The average molecular weight is 613 g/mol. The van der Waals surface area contributed by atoms with Gasteiger partial charge in [0, 0.05) is 49.4 Å². The Kier molecular flexibility index (Phi) is 9.28. The summed E-state index contributed by atoms with van der Waals surface area (Å²) in [5, 5.41) is 8.24. The molecule has 0 bridgehead atoms. The number of alkyl halides is 3. The van der Waals surface area contributed by atoms with Gasteiger partial charge >= 0.3 is 6.18 Å². The zero-order valence-corrected chi connectivity index (χ0v) is 25.5. The van der Waals surface area contributed by atoms with Crippen LogP contribution in [0.25, 0.3) is 5.69 Å². The molecule has 2 fully saturated rings. The molecule has 2 amide bonds. The van der Waals surface area contributed by atoms with E-state index in [1.54, 1.807) is 36.5 Å². The number of piperidine rings is 1. The molecule has 44 heavy (non-hydrogen) atoms. The number of carbonyl (C=O) groups is 2. The minimum absolute atomic E-state index is 0.00889. The number of carbonyl (C=O) groups excluding carboxylic acids is 2. The first-order chi connectivity index (χ1) is 20.9. The van der Waals surface area contributed by atoms with Crippen molar-refractivity contribution < 1.29 is 27.5 Å². The summed E-state index contributed by atoms with van der Waals surface area (Å²) in [6.07, 6.45) is 0.330. The lowest BCUT2D eigenvalue weighted by Crippen LogP contribution is -2.57. The van der Waals surface area contributed by atoms with Gasteiger partial charge in [0.05, 0.1) is 23.1 Å². The van der Waals surface area contributed by atoms with Crippen LogP contribution in [-0.4, -0.2) is 85.4 Å². The number of ether oxygens (including phenoxy) is 1. The van der Waals surface area contributed by atoms with Crippen LogP contribution in [0.5, 0.6) is 5.75 Å². The summed E-state index contributed by atoms with van der Waals surface area (Å²) in [5.74, 6) is 0.429. The average Bonchev–Trinajstić information content (AvgIpc) is 3.46. The van der Waals surface area contributed by atoms with Crippen LogP contribution in [0.4, 0.5) is 13.2 Å². The van der Waals surface area contributed by atoms with Gasteiger partial charge < -0.3 is 14.5 Å². The number of likely N-dealkylation sites (tertiary alicyclic amines) is 1. The Morgan fingerprint density at radius 2 is 1.59 bits per heavy atom. The summed E-state index contributed by atoms with van der Waals surface area (Å²) < 4.78 is 46.5. The normalized spacial score (nSPS) is 23.1. The van der Waals surface area contributed by atoms with Crippen molar-refractivity contribution in [3.8, 4) is 11.4 Å². The maximum atomic E-state index is 13.4. The van der Waals surface area contributed by atoms with Gasteiger partial charge in [-0.25, -0.2) is 4.68 Å². The second kappa shape index (κ2) is 13.0. The molecule has 0 N–H and O–H groups in total. The number of benzene rings is 2. The topological polar surface area (TPSA) is 83.8 Å². The first-order valence-corrected chi connectivity index (χ1v) is 15.1. The Hall–Kier alpha value is -3.93. The molecule has 2 aliphatic heterocycles. The van der Waals surface area contributed by atoms with Gasteiger partial charge in [0.15, 0.2) is 6.61 Å². The third-order valence-corrected chi connectivity index (χ3v) is 8.66. The predicted octanol–water partition coefficient (Wildman–Crippen LogP) is 5.19. The van der Waals surface area contributed by atoms with Crippen LogP contribution in [0.1, 0.15) is 68.6 Å². The first-order valence-electron chi connectivity index (χ1n) is 15.1. The van der Waals surface area contributed by atoms with Crippen molar-refractivity contribution in [2.24, 2.45) is 0 Å². The van der Waals surface area contributed by atoms with Crippen LogP contribution in [0.15, 0.2) is 54.7 Å². The van der Waals surface area contributed by atoms with Crippen LogP contribution >= 0.6 is 0 Å². The molecule has 9 nitrogen and oxygen atoms in total. The van der Waals surface area contributed by atoms with Gasteiger partial charge in [-0.2, -0.15) is 13.2 Å². The Bertz CT molecular complexity index is 1440. The van der Waals surface area contributed by atoms with E-state index in [-0.39, 0.29) is 48.3 Å². The molecule has 2 aromatic carbocycles. The zero-order valence-electron chi connectivity index (χ0n) is 25.5. The van der Waals surface area contributed by atoms with E-state index in [0.29, 0.717) is 36.6 Å². The maximum Gasteiger partial charge on any atom is 0.416 e. The quantitative estimate of drug-likeness (QED) is 0.365. The molecular weight excluding hydrogens is 573 g/mol. The highest BCUT2D eigenvalue weighted by Crippen LogP contribution is 2.30. The molecule has 3 heterocycles. The van der Waals surface area contributed by atoms with Crippen LogP contribution < -0.4 is 4.74 Å². The second-order valence-electron chi connectivity index (χ2n) is 12.0. The molecule has 12 heteroatoms. The van der Waals surface area contributed by atoms with Crippen molar-refractivity contribution in [2.45, 2.75) is 83.8 Å². The molecule has 0 aliphatic carbocycles. The van der Waals surface area contributed by atoms with Gasteiger partial charge in [-0.15, -0.1) is 5.10 Å². The van der Waals surface area contributed by atoms with Crippen LogP contribution in [0.2, 0.25) is 0 Å². The van der Waals surface area contributed by atoms with Gasteiger partial charge in [0.25, 0.3) is 11.8 Å². The number of piperazine rings is 1. The van der Waals surface area contributed by atoms with E-state index in [1.807, 2.05) is 23.6 Å². The lowest BCUT2D eigenvalue weighted by molar-refractivity contribution is -0.139. The molecule has 0 radical (unpaired) electrons. The Labute approximate surface area is 255 Å². The maximum absolute atomic E-state index is 13.4. The largest absolute Gasteiger partial charge is 0.484 e. The van der Waals surface area contributed by atoms with Crippen molar-refractivity contribution in [3.05, 3.63) is 71.5 Å². The van der Waals surface area contributed by atoms with Gasteiger partial charge in [0.2, 0.25) is 0 Å². The minimum atomic E-state index is -4.44. The third kappa shape index (κ3) is 7.06. The molecule has 3 aromatic rings. The summed E-state index contributed by atoms with van der Waals surface area (Å²) in [7, 11) is 0. The highest BCUT2D eigenvalue weighted by atomic mass is 19.4. The molecule has 0 saturated carbocycles. The number of rotatable bonds is 7. The predicted molar refractivity (Wildman–Crippen MR) is 158 cm³/mol. The van der Waals surface area contributed by atoms with Crippen molar-refractivity contribution in [3.63, 3.8) is 0 Å². The lowest BCUT2D eigenvalue weighted by atomic mass is 9.97. The van der Waals surface area contributed by atoms with E-state index >= 15 is 0 Å². The molecule has 2 aliphatic rings. The molecule has 5 rings (SSSR count). The van der Waals surface area contributed by atoms with Gasteiger partial charge in [-0.1, -0.05) is 11.3 Å². The number of nitrogens with zero attached hydrogens (tertiary/aromatic N) is 6. The number of amides is 2. The fraction of sp³-hybridized carbons (Fsp3) is 0.500. The van der Waals surface area contributed by atoms with E-state index in [1.165, 1.54) is 10.7 Å². The van der Waals surface area contributed by atoms with E-state index in [4.69, 9.17) is 4.74 Å². The molecule has 4 atom stereocenters. The fourth-order valence-corrected chi connectivity index (χ4v) is 6.35. The second-order valence-corrected chi connectivity index (χ2v) is 12.0. The van der Waals surface area contributed by atoms with Crippen molar-refractivity contribution in [1.82, 2.24) is 29.7 Å². The molecule has 1 aromatic heterocycles. The first kappa shape index (κ1) is 31.5. The van der Waals surface area contributed by atoms with Crippen molar-refractivity contribution in [1.29, 1.82) is 0 Å². The minimum Gasteiger partial charge on any atom is -0.484 e. The Balaban J connectivity index is 1.15. The third-order valence-electron chi connectivity index (χ3n) is 8.66. The van der Waals surface area contributed by atoms with Crippen molar-refractivity contribution >= 4 is 11.8 Å². The highest BCUT2D eigenvalue weighted by molar-refractivity contribution is 5.94. The van der Waals surface area contributed by atoms with Crippen LogP contribution in [-0.2, 0) is 17.5 Å². The highest BCUT2D eigenvalue weighted by Gasteiger charge is 2.34. The summed E-state index contributed by atoms with van der Waals surface area (Å²) >= 11 is 0. The summed E-state index contributed by atoms with van der Waals surface area (Å²) in [4.78, 5) is 32.1. The van der Waals surface area contributed by atoms with Gasteiger partial charge in [-0.3, -0.25) is 14.5 Å². The van der Waals surface area contributed by atoms with E-state index in [0.717, 1.165) is 31.4 Å². The summed E-state index contributed by atoms with van der Waals surface area (Å²) in [6, 6.07) is 12.3.